The molecular weight excluding hydrogens is 366 g/mol. The Morgan fingerprint density at radius 1 is 1.21 bits per heavy atom. The molecule has 0 aromatic heterocycles. The Labute approximate surface area is 161 Å². The van der Waals surface area contributed by atoms with Crippen molar-refractivity contribution in [2.24, 2.45) is 0 Å². The van der Waals surface area contributed by atoms with Gasteiger partial charge < -0.3 is 10.1 Å². The first kappa shape index (κ1) is 19.5. The molecule has 28 heavy (non-hydrogen) atoms. The second kappa shape index (κ2) is 8.21. The Morgan fingerprint density at radius 3 is 2.71 bits per heavy atom. The van der Waals surface area contributed by atoms with E-state index in [1.54, 1.807) is 4.90 Å². The first-order valence-electron chi connectivity index (χ1n) is 8.81. The Kier molecular flexibility index (Phi) is 5.73. The van der Waals surface area contributed by atoms with Gasteiger partial charge in [-0.25, -0.2) is 13.6 Å². The third kappa shape index (κ3) is 4.19. The number of nitrogens with one attached hydrogen (secondary N) is 1. The van der Waals surface area contributed by atoms with E-state index in [1.165, 1.54) is 25.3 Å². The predicted molar refractivity (Wildman–Crippen MR) is 102 cm³/mol. The van der Waals surface area contributed by atoms with Crippen LogP contribution in [0.2, 0.25) is 0 Å². The van der Waals surface area contributed by atoms with Crippen molar-refractivity contribution in [3.05, 3.63) is 70.8 Å². The number of rotatable bonds is 4. The summed E-state index contributed by atoms with van der Waals surface area (Å²) in [5.41, 5.74) is 2.83. The van der Waals surface area contributed by atoms with Crippen molar-refractivity contribution in [3.63, 3.8) is 0 Å². The van der Waals surface area contributed by atoms with Gasteiger partial charge in [0, 0.05) is 24.3 Å². The van der Waals surface area contributed by atoms with E-state index in [-0.39, 0.29) is 11.6 Å². The molecule has 1 unspecified atom stereocenters. The van der Waals surface area contributed by atoms with E-state index in [0.717, 1.165) is 28.9 Å². The fraction of sp³-hybridized carbons (Fsp3) is 0.238. The van der Waals surface area contributed by atoms with E-state index in [1.807, 2.05) is 25.1 Å². The van der Waals surface area contributed by atoms with Crippen LogP contribution in [0.25, 0.3) is 6.08 Å². The number of hydrogen-bond donors (Lipinski definition) is 1. The van der Waals surface area contributed by atoms with Crippen LogP contribution in [0, 0.1) is 11.6 Å². The molecule has 0 saturated carbocycles. The van der Waals surface area contributed by atoms with Crippen molar-refractivity contribution >= 4 is 23.8 Å². The van der Waals surface area contributed by atoms with Crippen molar-refractivity contribution in [1.82, 2.24) is 5.32 Å². The molecule has 7 heteroatoms. The first-order valence-corrected chi connectivity index (χ1v) is 8.81. The van der Waals surface area contributed by atoms with Gasteiger partial charge >= 0.3 is 6.09 Å². The van der Waals surface area contributed by atoms with Crippen LogP contribution in [0.5, 0.6) is 0 Å². The van der Waals surface area contributed by atoms with Gasteiger partial charge in [0.1, 0.15) is 11.6 Å². The maximum atomic E-state index is 13.6. The van der Waals surface area contributed by atoms with Gasteiger partial charge in [0.15, 0.2) is 0 Å². The zero-order valence-corrected chi connectivity index (χ0v) is 15.5. The van der Waals surface area contributed by atoms with E-state index < -0.39 is 23.6 Å². The van der Waals surface area contributed by atoms with Gasteiger partial charge in [0.25, 0.3) is 0 Å². The van der Waals surface area contributed by atoms with Crippen LogP contribution < -0.4 is 10.2 Å². The average Bonchev–Trinajstić information content (AvgIpc) is 3.09. The van der Waals surface area contributed by atoms with E-state index in [9.17, 15) is 18.4 Å². The molecular formula is C21H20F2N2O3. The van der Waals surface area contributed by atoms with Crippen molar-refractivity contribution in [2.75, 3.05) is 18.6 Å². The second-order valence-corrected chi connectivity index (χ2v) is 6.49. The summed E-state index contributed by atoms with van der Waals surface area (Å²) in [4.78, 5) is 25.5. The Balaban J connectivity index is 1.66. The van der Waals surface area contributed by atoms with Gasteiger partial charge in [-0.3, -0.25) is 9.69 Å². The zero-order chi connectivity index (χ0) is 20.3. The van der Waals surface area contributed by atoms with Crippen LogP contribution in [0.4, 0.5) is 19.3 Å². The van der Waals surface area contributed by atoms with E-state index in [2.05, 4.69) is 5.32 Å². The number of amides is 2. The summed E-state index contributed by atoms with van der Waals surface area (Å²) in [6.07, 6.45) is 2.82. The van der Waals surface area contributed by atoms with Crippen molar-refractivity contribution in [2.45, 2.75) is 19.4 Å². The van der Waals surface area contributed by atoms with Crippen molar-refractivity contribution in [1.29, 1.82) is 0 Å². The monoisotopic (exact) mass is 386 g/mol. The number of ether oxygens (including phenoxy) is 1. The summed E-state index contributed by atoms with van der Waals surface area (Å²) in [5.74, 6) is -1.80. The summed E-state index contributed by atoms with van der Waals surface area (Å²) in [6, 6.07) is 8.51. The second-order valence-electron chi connectivity index (χ2n) is 6.49. The van der Waals surface area contributed by atoms with Gasteiger partial charge in [-0.15, -0.1) is 0 Å². The predicted octanol–water partition coefficient (Wildman–Crippen LogP) is 3.98. The van der Waals surface area contributed by atoms with Crippen LogP contribution in [-0.2, 0) is 16.0 Å². The molecule has 0 aliphatic carbocycles. The van der Waals surface area contributed by atoms with Crippen LogP contribution in [0.3, 0.4) is 0 Å². The minimum atomic E-state index is -0.731. The summed E-state index contributed by atoms with van der Waals surface area (Å²) in [5, 5.41) is 2.81. The molecule has 0 fully saturated rings. The Morgan fingerprint density at radius 2 is 2.00 bits per heavy atom. The van der Waals surface area contributed by atoms with Gasteiger partial charge in [-0.1, -0.05) is 12.1 Å². The molecule has 146 valence electrons. The molecule has 1 N–H and O–H groups in total. The highest BCUT2D eigenvalue weighted by Crippen LogP contribution is 2.31. The molecule has 0 spiro atoms. The summed E-state index contributed by atoms with van der Waals surface area (Å²) < 4.78 is 31.3. The quantitative estimate of drug-likeness (QED) is 0.809. The maximum Gasteiger partial charge on any atom is 0.414 e. The number of nitrogens with zero attached hydrogens (tertiary/aromatic N) is 1. The van der Waals surface area contributed by atoms with Crippen LogP contribution in [0.15, 0.2) is 42.5 Å². The first-order chi connectivity index (χ1) is 13.4. The number of hydrogen-bond acceptors (Lipinski definition) is 3. The average molecular weight is 386 g/mol. The van der Waals surface area contributed by atoms with Gasteiger partial charge in [0.2, 0.25) is 5.91 Å². The van der Waals surface area contributed by atoms with E-state index in [0.29, 0.717) is 13.0 Å². The number of methoxy groups -OCH3 is 1. The highest BCUT2D eigenvalue weighted by molar-refractivity contribution is 5.92. The van der Waals surface area contributed by atoms with Gasteiger partial charge in [-0.05, 0) is 48.7 Å². The number of carbonyl (C=O) groups is 2. The fourth-order valence-electron chi connectivity index (χ4n) is 3.14. The maximum absolute atomic E-state index is 13.6. The molecule has 2 aromatic carbocycles. The molecule has 1 aliphatic rings. The Hall–Kier alpha value is -3.22. The zero-order valence-electron chi connectivity index (χ0n) is 15.5. The molecule has 0 saturated heterocycles. The third-order valence-electron chi connectivity index (χ3n) is 4.63. The van der Waals surface area contributed by atoms with Gasteiger partial charge in [0.05, 0.1) is 18.8 Å². The smallest absolute Gasteiger partial charge is 0.414 e. The highest BCUT2D eigenvalue weighted by Gasteiger charge is 2.25. The number of anilines is 1. The minimum absolute atomic E-state index is 0.129. The SMILES string of the molecule is COC(=O)N1CCc2cc(C(C)NC(=O)/C=C/c3ccc(F)cc3F)ccc21. The van der Waals surface area contributed by atoms with E-state index in [4.69, 9.17) is 4.74 Å². The standard InChI is InChI=1S/C21H20F2N2O3/c1-13(24-20(26)8-5-14-3-6-17(22)12-18(14)23)15-4-7-19-16(11-15)9-10-25(19)21(27)28-2/h3-8,11-13H,9-10H2,1-2H3,(H,24,26)/b8-5+. The molecule has 2 amide bonds. The molecule has 1 aliphatic heterocycles. The number of benzene rings is 2. The topological polar surface area (TPSA) is 58.6 Å². The lowest BCUT2D eigenvalue weighted by atomic mass is 10.0. The largest absolute Gasteiger partial charge is 0.452 e. The lowest BCUT2D eigenvalue weighted by molar-refractivity contribution is -0.117. The van der Waals surface area contributed by atoms with E-state index >= 15 is 0 Å². The third-order valence-corrected chi connectivity index (χ3v) is 4.63. The normalized spacial score (nSPS) is 14.1. The van der Waals surface area contributed by atoms with Crippen LogP contribution in [0.1, 0.15) is 29.7 Å². The molecule has 1 heterocycles. The lowest BCUT2D eigenvalue weighted by Gasteiger charge is -2.17. The number of halogens is 2. The summed E-state index contributed by atoms with van der Waals surface area (Å²) in [7, 11) is 1.34. The lowest BCUT2D eigenvalue weighted by Crippen LogP contribution is -2.28. The van der Waals surface area contributed by atoms with Crippen molar-refractivity contribution < 1.29 is 23.1 Å². The molecule has 5 nitrogen and oxygen atoms in total. The van der Waals surface area contributed by atoms with Gasteiger partial charge in [-0.2, -0.15) is 0 Å². The minimum Gasteiger partial charge on any atom is -0.452 e. The molecule has 1 atom stereocenters. The van der Waals surface area contributed by atoms with Crippen LogP contribution in [-0.4, -0.2) is 25.7 Å². The molecule has 3 rings (SSSR count). The van der Waals surface area contributed by atoms with Crippen LogP contribution >= 0.6 is 0 Å². The summed E-state index contributed by atoms with van der Waals surface area (Å²) in [6.45, 7) is 2.39. The number of fused-ring (bicyclic) bond motifs is 1. The fourth-order valence-corrected chi connectivity index (χ4v) is 3.14. The highest BCUT2D eigenvalue weighted by atomic mass is 19.1. The van der Waals surface area contributed by atoms with Crippen molar-refractivity contribution in [3.8, 4) is 0 Å². The molecule has 0 radical (unpaired) electrons. The number of carbonyl (C=O) groups excluding carboxylic acids is 2. The molecule has 2 aromatic rings. The summed E-state index contributed by atoms with van der Waals surface area (Å²) >= 11 is 0. The molecule has 0 bridgehead atoms. The Bertz CT molecular complexity index is 943.